The van der Waals surface area contributed by atoms with Crippen LogP contribution >= 0.6 is 0 Å². The Morgan fingerprint density at radius 2 is 1.61 bits per heavy atom. The Balaban J connectivity index is 2.07. The maximum absolute atomic E-state index is 14.7. The molecule has 1 heterocycles. The first kappa shape index (κ1) is 17.9. The predicted octanol–water partition coefficient (Wildman–Crippen LogP) is 5.39. The van der Waals surface area contributed by atoms with Gasteiger partial charge in [-0.15, -0.1) is 0 Å². The van der Waals surface area contributed by atoms with Crippen LogP contribution in [-0.4, -0.2) is 16.0 Å². The van der Waals surface area contributed by atoms with E-state index in [9.17, 15) is 14.5 Å². The van der Waals surface area contributed by atoms with Crippen molar-refractivity contribution in [1.82, 2.24) is 4.57 Å². The summed E-state index contributed by atoms with van der Waals surface area (Å²) in [7, 11) is 1.94. The molecule has 4 aromatic rings. The van der Waals surface area contributed by atoms with Crippen LogP contribution in [0.4, 0.5) is 4.39 Å². The van der Waals surface area contributed by atoms with E-state index in [1.54, 1.807) is 18.2 Å². The van der Waals surface area contributed by atoms with Gasteiger partial charge < -0.3 is 4.57 Å². The van der Waals surface area contributed by atoms with Crippen molar-refractivity contribution in [2.75, 3.05) is 6.54 Å². The Kier molecular flexibility index (Phi) is 4.65. The van der Waals surface area contributed by atoms with Gasteiger partial charge in [-0.3, -0.25) is 10.1 Å². The Labute approximate surface area is 162 Å². The SMILES string of the molecule is Cn1c(-c2ccccc2)c(C(C[N+](=O)[O-])c2ccccc2F)c2ccccc21. The van der Waals surface area contributed by atoms with Crippen molar-refractivity contribution in [2.24, 2.45) is 7.05 Å². The van der Waals surface area contributed by atoms with Crippen molar-refractivity contribution >= 4 is 10.9 Å². The summed E-state index contributed by atoms with van der Waals surface area (Å²) in [5, 5.41) is 12.4. The number of fused-ring (bicyclic) bond motifs is 1. The summed E-state index contributed by atoms with van der Waals surface area (Å²) in [4.78, 5) is 11.2. The van der Waals surface area contributed by atoms with Gasteiger partial charge in [0.05, 0.1) is 11.6 Å². The first-order valence-corrected chi connectivity index (χ1v) is 9.07. The first-order chi connectivity index (χ1) is 13.6. The van der Waals surface area contributed by atoms with E-state index in [4.69, 9.17) is 0 Å². The number of nitro groups is 1. The number of aromatic nitrogens is 1. The van der Waals surface area contributed by atoms with Crippen LogP contribution in [0.25, 0.3) is 22.2 Å². The molecule has 140 valence electrons. The van der Waals surface area contributed by atoms with Crippen molar-refractivity contribution < 1.29 is 9.31 Å². The van der Waals surface area contributed by atoms with E-state index in [-0.39, 0.29) is 11.5 Å². The highest BCUT2D eigenvalue weighted by Gasteiger charge is 2.30. The van der Waals surface area contributed by atoms with E-state index in [1.165, 1.54) is 6.07 Å². The number of hydrogen-bond acceptors (Lipinski definition) is 2. The molecule has 1 atom stereocenters. The van der Waals surface area contributed by atoms with Crippen LogP contribution in [0.2, 0.25) is 0 Å². The van der Waals surface area contributed by atoms with Crippen molar-refractivity contribution in [1.29, 1.82) is 0 Å². The molecular weight excluding hydrogens is 355 g/mol. The summed E-state index contributed by atoms with van der Waals surface area (Å²) in [5.41, 5.74) is 3.90. The minimum Gasteiger partial charge on any atom is -0.343 e. The molecule has 1 aromatic heterocycles. The van der Waals surface area contributed by atoms with Crippen LogP contribution in [0.3, 0.4) is 0 Å². The fraction of sp³-hybridized carbons (Fsp3) is 0.130. The highest BCUT2D eigenvalue weighted by atomic mass is 19.1. The molecule has 0 saturated heterocycles. The molecule has 0 aliphatic carbocycles. The Hall–Kier alpha value is -3.47. The molecule has 1 unspecified atom stereocenters. The van der Waals surface area contributed by atoms with E-state index >= 15 is 0 Å². The minimum atomic E-state index is -0.697. The molecule has 4 nitrogen and oxygen atoms in total. The third-order valence-corrected chi connectivity index (χ3v) is 5.15. The molecule has 0 fully saturated rings. The molecule has 0 bridgehead atoms. The number of benzene rings is 3. The van der Waals surface area contributed by atoms with Crippen molar-refractivity contribution in [3.63, 3.8) is 0 Å². The van der Waals surface area contributed by atoms with Gasteiger partial charge >= 0.3 is 0 Å². The van der Waals surface area contributed by atoms with Crippen LogP contribution in [0.1, 0.15) is 17.0 Å². The van der Waals surface area contributed by atoms with E-state index in [1.807, 2.05) is 66.2 Å². The highest BCUT2D eigenvalue weighted by Crippen LogP contribution is 2.41. The van der Waals surface area contributed by atoms with Crippen molar-refractivity contribution in [3.05, 3.63) is 106 Å². The predicted molar refractivity (Wildman–Crippen MR) is 108 cm³/mol. The fourth-order valence-corrected chi connectivity index (χ4v) is 3.97. The number of halogens is 1. The highest BCUT2D eigenvalue weighted by molar-refractivity contribution is 5.93. The lowest BCUT2D eigenvalue weighted by Gasteiger charge is -2.17. The Morgan fingerprint density at radius 3 is 2.32 bits per heavy atom. The second-order valence-corrected chi connectivity index (χ2v) is 6.79. The molecule has 0 radical (unpaired) electrons. The molecule has 4 rings (SSSR count). The summed E-state index contributed by atoms with van der Waals surface area (Å²) in [6, 6.07) is 23.8. The van der Waals surface area contributed by atoms with Gasteiger partial charge in [0.2, 0.25) is 6.54 Å². The second kappa shape index (κ2) is 7.27. The molecule has 5 heteroatoms. The number of para-hydroxylation sites is 1. The average molecular weight is 374 g/mol. The fourth-order valence-electron chi connectivity index (χ4n) is 3.97. The van der Waals surface area contributed by atoms with Crippen LogP contribution in [0.15, 0.2) is 78.9 Å². The zero-order chi connectivity index (χ0) is 19.7. The quantitative estimate of drug-likeness (QED) is 0.347. The van der Waals surface area contributed by atoms with Gasteiger partial charge in [0.15, 0.2) is 0 Å². The topological polar surface area (TPSA) is 48.1 Å². The second-order valence-electron chi connectivity index (χ2n) is 6.79. The average Bonchev–Trinajstić information content (AvgIpc) is 3.00. The third kappa shape index (κ3) is 3.05. The molecule has 0 spiro atoms. The van der Waals surface area contributed by atoms with Gasteiger partial charge in [0.25, 0.3) is 0 Å². The first-order valence-electron chi connectivity index (χ1n) is 9.07. The van der Waals surface area contributed by atoms with Gasteiger partial charge in [-0.2, -0.15) is 0 Å². The van der Waals surface area contributed by atoms with Crippen molar-refractivity contribution in [2.45, 2.75) is 5.92 Å². The molecule has 0 N–H and O–H groups in total. The standard InChI is InChI=1S/C23H19FN2O2/c1-25-21-14-8-6-12-18(21)22(23(25)16-9-3-2-4-10-16)19(15-26(27)28)17-11-5-7-13-20(17)24/h2-14,19H,15H2,1H3. The molecule has 3 aromatic carbocycles. The maximum atomic E-state index is 14.7. The van der Waals surface area contributed by atoms with Gasteiger partial charge in [-0.05, 0) is 23.3 Å². The minimum absolute atomic E-state index is 0.340. The summed E-state index contributed by atoms with van der Waals surface area (Å²) in [6.07, 6.45) is 0. The maximum Gasteiger partial charge on any atom is 0.214 e. The van der Waals surface area contributed by atoms with Crippen LogP contribution in [0.5, 0.6) is 0 Å². The Bertz CT molecular complexity index is 1150. The zero-order valence-electron chi connectivity index (χ0n) is 15.4. The number of rotatable bonds is 5. The monoisotopic (exact) mass is 374 g/mol. The molecule has 0 amide bonds. The van der Waals surface area contributed by atoms with Crippen molar-refractivity contribution in [3.8, 4) is 11.3 Å². The number of hydrogen-bond donors (Lipinski definition) is 0. The lowest BCUT2D eigenvalue weighted by molar-refractivity contribution is -0.481. The zero-order valence-corrected chi connectivity index (χ0v) is 15.4. The molecule has 0 saturated carbocycles. The van der Waals surface area contributed by atoms with E-state index < -0.39 is 11.7 Å². The summed E-state index contributed by atoms with van der Waals surface area (Å²) in [5.74, 6) is -1.13. The van der Waals surface area contributed by atoms with Gasteiger partial charge in [-0.1, -0.05) is 66.7 Å². The smallest absolute Gasteiger partial charge is 0.214 e. The largest absolute Gasteiger partial charge is 0.343 e. The molecular formula is C23H19FN2O2. The van der Waals surface area contributed by atoms with E-state index in [0.717, 1.165) is 27.7 Å². The molecule has 0 aliphatic rings. The van der Waals surface area contributed by atoms with Gasteiger partial charge in [-0.25, -0.2) is 4.39 Å². The summed E-state index contributed by atoms with van der Waals surface area (Å²) < 4.78 is 16.7. The van der Waals surface area contributed by atoms with E-state index in [2.05, 4.69) is 0 Å². The summed E-state index contributed by atoms with van der Waals surface area (Å²) >= 11 is 0. The number of aryl methyl sites for hydroxylation is 1. The van der Waals surface area contributed by atoms with Gasteiger partial charge in [0.1, 0.15) is 5.82 Å². The number of nitrogens with zero attached hydrogens (tertiary/aromatic N) is 2. The van der Waals surface area contributed by atoms with Crippen LogP contribution in [-0.2, 0) is 7.05 Å². The van der Waals surface area contributed by atoms with Crippen LogP contribution < -0.4 is 0 Å². The van der Waals surface area contributed by atoms with E-state index in [0.29, 0.717) is 5.56 Å². The normalized spacial score (nSPS) is 12.2. The summed E-state index contributed by atoms with van der Waals surface area (Å²) in [6.45, 7) is -0.380. The Morgan fingerprint density at radius 1 is 0.964 bits per heavy atom. The lowest BCUT2D eigenvalue weighted by Crippen LogP contribution is -2.16. The molecule has 0 aliphatic heterocycles. The molecule has 28 heavy (non-hydrogen) atoms. The lowest BCUT2D eigenvalue weighted by atomic mass is 9.87. The van der Waals surface area contributed by atoms with Gasteiger partial charge in [0, 0.05) is 28.4 Å². The third-order valence-electron chi connectivity index (χ3n) is 5.15. The van der Waals surface area contributed by atoms with Crippen LogP contribution in [0, 0.1) is 15.9 Å².